The number of carbonyl (C=O) groups is 1. The molecule has 0 aromatic carbocycles. The van der Waals surface area contributed by atoms with Gasteiger partial charge in [0.15, 0.2) is 5.78 Å². The lowest BCUT2D eigenvalue weighted by atomic mass is 10.0. The van der Waals surface area contributed by atoms with Gasteiger partial charge in [-0.2, -0.15) is 0 Å². The van der Waals surface area contributed by atoms with Crippen LogP contribution in [0.25, 0.3) is 0 Å². The Morgan fingerprint density at radius 3 is 2.46 bits per heavy atom. The van der Waals surface area contributed by atoms with Gasteiger partial charge in [0, 0.05) is 17.6 Å². The first-order valence-electron chi connectivity index (χ1n) is 4.76. The number of nitrogens with zero attached hydrogens (tertiary/aromatic N) is 1. The molecular formula is C10H17NOS. The van der Waals surface area contributed by atoms with E-state index < -0.39 is 0 Å². The van der Waals surface area contributed by atoms with Gasteiger partial charge in [-0.15, -0.1) is 11.8 Å². The molecule has 0 radical (unpaired) electrons. The number of aliphatic imine (C=N–C) groups is 1. The maximum absolute atomic E-state index is 11.6. The molecule has 0 spiro atoms. The smallest absolute Gasteiger partial charge is 0.160 e. The van der Waals surface area contributed by atoms with E-state index in [4.69, 9.17) is 0 Å². The Labute approximate surface area is 84.2 Å². The Balaban J connectivity index is 2.62. The normalized spacial score (nSPS) is 22.6. The highest BCUT2D eigenvalue weighted by molar-refractivity contribution is 8.14. The molecule has 74 valence electrons. The summed E-state index contributed by atoms with van der Waals surface area (Å²) in [7, 11) is 0. The SMILES string of the molecule is CC(C)C(=O)C1CSC(C(C)C)=N1. The number of carbonyl (C=O) groups excluding carboxylic acids is 1. The van der Waals surface area contributed by atoms with Crippen molar-refractivity contribution in [2.75, 3.05) is 5.75 Å². The number of ketones is 1. The quantitative estimate of drug-likeness (QED) is 0.698. The summed E-state index contributed by atoms with van der Waals surface area (Å²) in [5.41, 5.74) is 0. The van der Waals surface area contributed by atoms with Gasteiger partial charge >= 0.3 is 0 Å². The predicted octanol–water partition coefficient (Wildman–Crippen LogP) is 2.38. The first-order chi connectivity index (χ1) is 6.02. The molecule has 3 heteroatoms. The monoisotopic (exact) mass is 199 g/mol. The van der Waals surface area contributed by atoms with Crippen molar-refractivity contribution in [2.45, 2.75) is 33.7 Å². The summed E-state index contributed by atoms with van der Waals surface area (Å²) in [6.45, 7) is 8.12. The third-order valence-electron chi connectivity index (χ3n) is 2.06. The van der Waals surface area contributed by atoms with Gasteiger partial charge in [0.2, 0.25) is 0 Å². The third-order valence-corrected chi connectivity index (χ3v) is 3.42. The Bertz CT molecular complexity index is 233. The van der Waals surface area contributed by atoms with Crippen LogP contribution in [0.4, 0.5) is 0 Å². The number of rotatable bonds is 3. The lowest BCUT2D eigenvalue weighted by Gasteiger charge is -2.07. The zero-order valence-corrected chi connectivity index (χ0v) is 9.52. The third kappa shape index (κ3) is 2.56. The Hall–Kier alpha value is -0.310. The van der Waals surface area contributed by atoms with Crippen molar-refractivity contribution in [1.82, 2.24) is 0 Å². The fourth-order valence-electron chi connectivity index (χ4n) is 1.24. The van der Waals surface area contributed by atoms with Crippen LogP contribution in [-0.4, -0.2) is 22.6 Å². The van der Waals surface area contributed by atoms with Crippen LogP contribution < -0.4 is 0 Å². The van der Waals surface area contributed by atoms with Crippen molar-refractivity contribution in [3.05, 3.63) is 0 Å². The van der Waals surface area contributed by atoms with Crippen LogP contribution >= 0.6 is 11.8 Å². The lowest BCUT2D eigenvalue weighted by Crippen LogP contribution is -2.23. The Kier molecular flexibility index (Phi) is 3.54. The molecular weight excluding hydrogens is 182 g/mol. The summed E-state index contributed by atoms with van der Waals surface area (Å²) in [4.78, 5) is 16.0. The molecule has 1 heterocycles. The van der Waals surface area contributed by atoms with Crippen molar-refractivity contribution in [3.8, 4) is 0 Å². The van der Waals surface area contributed by atoms with Gasteiger partial charge in [-0.1, -0.05) is 27.7 Å². The fourth-order valence-corrected chi connectivity index (χ4v) is 2.34. The van der Waals surface area contributed by atoms with Crippen LogP contribution in [0.15, 0.2) is 4.99 Å². The number of thioether (sulfide) groups is 1. The van der Waals surface area contributed by atoms with E-state index in [-0.39, 0.29) is 17.7 Å². The second kappa shape index (κ2) is 4.27. The minimum atomic E-state index is -0.0672. The van der Waals surface area contributed by atoms with Crippen molar-refractivity contribution >= 4 is 22.6 Å². The molecule has 2 nitrogen and oxygen atoms in total. The molecule has 0 amide bonds. The fraction of sp³-hybridized carbons (Fsp3) is 0.800. The van der Waals surface area contributed by atoms with Gasteiger partial charge in [0.05, 0.1) is 5.04 Å². The Morgan fingerprint density at radius 1 is 1.46 bits per heavy atom. The van der Waals surface area contributed by atoms with Crippen LogP contribution in [0.5, 0.6) is 0 Å². The van der Waals surface area contributed by atoms with E-state index in [0.29, 0.717) is 5.92 Å². The van der Waals surface area contributed by atoms with Crippen LogP contribution in [0, 0.1) is 11.8 Å². The first-order valence-corrected chi connectivity index (χ1v) is 5.75. The number of hydrogen-bond donors (Lipinski definition) is 0. The maximum Gasteiger partial charge on any atom is 0.160 e. The minimum absolute atomic E-state index is 0.0672. The van der Waals surface area contributed by atoms with Gasteiger partial charge in [0.25, 0.3) is 0 Å². The molecule has 0 saturated heterocycles. The average Bonchev–Trinajstić information content (AvgIpc) is 2.50. The lowest BCUT2D eigenvalue weighted by molar-refractivity contribution is -0.122. The van der Waals surface area contributed by atoms with Gasteiger partial charge in [-0.05, 0) is 0 Å². The van der Waals surface area contributed by atoms with E-state index in [0.717, 1.165) is 10.8 Å². The molecule has 0 fully saturated rings. The molecule has 1 rings (SSSR count). The number of hydrogen-bond acceptors (Lipinski definition) is 3. The summed E-state index contributed by atoms with van der Waals surface area (Å²) in [5, 5.41) is 1.14. The van der Waals surface area contributed by atoms with E-state index >= 15 is 0 Å². The van der Waals surface area contributed by atoms with E-state index in [2.05, 4.69) is 18.8 Å². The molecule has 0 saturated carbocycles. The highest BCUT2D eigenvalue weighted by atomic mass is 32.2. The molecule has 0 aliphatic carbocycles. The second-order valence-electron chi connectivity index (χ2n) is 4.01. The zero-order valence-electron chi connectivity index (χ0n) is 8.70. The largest absolute Gasteiger partial charge is 0.297 e. The topological polar surface area (TPSA) is 29.4 Å². The molecule has 1 aliphatic rings. The van der Waals surface area contributed by atoms with Crippen molar-refractivity contribution in [3.63, 3.8) is 0 Å². The summed E-state index contributed by atoms with van der Waals surface area (Å²) >= 11 is 1.73. The average molecular weight is 199 g/mol. The predicted molar refractivity (Wildman–Crippen MR) is 58.4 cm³/mol. The zero-order chi connectivity index (χ0) is 10.0. The summed E-state index contributed by atoms with van der Waals surface area (Å²) in [6.07, 6.45) is 0. The molecule has 0 aromatic heterocycles. The van der Waals surface area contributed by atoms with Crippen LogP contribution in [0.3, 0.4) is 0 Å². The standard InChI is InChI=1S/C10H17NOS/c1-6(2)9(12)8-5-13-10(11-8)7(3)4/h6-8H,5H2,1-4H3. The second-order valence-corrected chi connectivity index (χ2v) is 5.05. The van der Waals surface area contributed by atoms with Gasteiger partial charge in [-0.25, -0.2) is 0 Å². The van der Waals surface area contributed by atoms with Crippen LogP contribution in [0.1, 0.15) is 27.7 Å². The molecule has 0 bridgehead atoms. The first kappa shape index (κ1) is 10.8. The molecule has 13 heavy (non-hydrogen) atoms. The molecule has 1 aliphatic heterocycles. The highest BCUT2D eigenvalue weighted by Crippen LogP contribution is 2.24. The van der Waals surface area contributed by atoms with Crippen molar-refractivity contribution < 1.29 is 4.79 Å². The van der Waals surface area contributed by atoms with Gasteiger partial charge in [0.1, 0.15) is 6.04 Å². The van der Waals surface area contributed by atoms with E-state index in [1.54, 1.807) is 11.8 Å². The molecule has 1 unspecified atom stereocenters. The van der Waals surface area contributed by atoms with Crippen molar-refractivity contribution in [1.29, 1.82) is 0 Å². The van der Waals surface area contributed by atoms with Gasteiger partial charge in [-0.3, -0.25) is 9.79 Å². The maximum atomic E-state index is 11.6. The van der Waals surface area contributed by atoms with E-state index in [1.165, 1.54) is 0 Å². The highest BCUT2D eigenvalue weighted by Gasteiger charge is 2.27. The summed E-state index contributed by atoms with van der Waals surface area (Å²) in [5.74, 6) is 1.71. The Morgan fingerprint density at radius 2 is 2.08 bits per heavy atom. The minimum Gasteiger partial charge on any atom is -0.297 e. The summed E-state index contributed by atoms with van der Waals surface area (Å²) < 4.78 is 0. The molecule has 0 N–H and O–H groups in total. The van der Waals surface area contributed by atoms with Crippen molar-refractivity contribution in [2.24, 2.45) is 16.8 Å². The molecule has 1 atom stereocenters. The summed E-state index contributed by atoms with van der Waals surface area (Å²) in [6, 6.07) is -0.0672. The number of Topliss-reactive ketones (excluding diaryl/α,β-unsaturated/α-hetero) is 1. The van der Waals surface area contributed by atoms with Gasteiger partial charge < -0.3 is 0 Å². The van der Waals surface area contributed by atoms with E-state index in [9.17, 15) is 4.79 Å². The van der Waals surface area contributed by atoms with Crippen LogP contribution in [-0.2, 0) is 4.79 Å². The molecule has 0 aromatic rings. The van der Waals surface area contributed by atoms with Crippen LogP contribution in [0.2, 0.25) is 0 Å². The van der Waals surface area contributed by atoms with E-state index in [1.807, 2.05) is 13.8 Å².